The molecule has 1 rings (SSSR count). The number of hydrogen-bond donors (Lipinski definition) is 1. The molecule has 0 heterocycles. The van der Waals surface area contributed by atoms with Gasteiger partial charge in [-0.25, -0.2) is 9.59 Å². The first-order valence-corrected chi connectivity index (χ1v) is 9.35. The van der Waals surface area contributed by atoms with Crippen LogP contribution in [0.25, 0.3) is 0 Å². The van der Waals surface area contributed by atoms with Crippen LogP contribution in [0.4, 0.5) is 4.79 Å². The van der Waals surface area contributed by atoms with Crippen LogP contribution in [0.5, 0.6) is 0 Å². The lowest BCUT2D eigenvalue weighted by atomic mass is 10.0. The molecule has 1 N–H and O–H groups in total. The number of nitrogens with zero attached hydrogens (tertiary/aromatic N) is 1. The summed E-state index contributed by atoms with van der Waals surface area (Å²) in [5.41, 5.74) is -1.03. The van der Waals surface area contributed by atoms with E-state index in [1.807, 2.05) is 30.3 Å². The van der Waals surface area contributed by atoms with E-state index in [9.17, 15) is 14.4 Å². The van der Waals surface area contributed by atoms with E-state index in [1.54, 1.807) is 34.6 Å². The lowest BCUT2D eigenvalue weighted by molar-refractivity contribution is -0.148. The highest BCUT2D eigenvalue weighted by Gasteiger charge is 2.39. The Bertz CT molecular complexity index is 697. The lowest BCUT2D eigenvalue weighted by Crippen LogP contribution is -2.59. The Labute approximate surface area is 172 Å². The van der Waals surface area contributed by atoms with Crippen LogP contribution in [0.15, 0.2) is 30.3 Å². The highest BCUT2D eigenvalue weighted by molar-refractivity contribution is 5.92. The van der Waals surface area contributed by atoms with E-state index in [2.05, 4.69) is 5.32 Å². The second-order valence-electron chi connectivity index (χ2n) is 8.15. The number of carbonyl (C=O) groups excluding carboxylic acids is 3. The smallest absolute Gasteiger partial charge is 0.410 e. The highest BCUT2D eigenvalue weighted by Crippen LogP contribution is 2.18. The van der Waals surface area contributed by atoms with Crippen molar-refractivity contribution < 1.29 is 28.6 Å². The van der Waals surface area contributed by atoms with Crippen LogP contribution < -0.4 is 5.32 Å². The zero-order chi connectivity index (χ0) is 22.2. The molecule has 8 heteroatoms. The van der Waals surface area contributed by atoms with Gasteiger partial charge in [0.1, 0.15) is 11.1 Å². The number of hydrogen-bond acceptors (Lipinski definition) is 6. The molecule has 0 spiro atoms. The number of ether oxygens (including phenoxy) is 3. The monoisotopic (exact) mass is 408 g/mol. The van der Waals surface area contributed by atoms with E-state index in [4.69, 9.17) is 14.2 Å². The molecule has 0 saturated carbocycles. The first kappa shape index (κ1) is 24.4. The normalized spacial score (nSPS) is 12.7. The third-order valence-electron chi connectivity index (χ3n) is 4.25. The summed E-state index contributed by atoms with van der Waals surface area (Å²) < 4.78 is 15.6. The van der Waals surface area contributed by atoms with Gasteiger partial charge in [-0.3, -0.25) is 9.69 Å². The fourth-order valence-electron chi connectivity index (χ4n) is 2.23. The number of carbonyl (C=O) groups is 3. The Morgan fingerprint density at radius 1 is 1.07 bits per heavy atom. The molecule has 0 aliphatic carbocycles. The van der Waals surface area contributed by atoms with Crippen molar-refractivity contribution in [1.82, 2.24) is 10.2 Å². The predicted molar refractivity (Wildman–Crippen MR) is 108 cm³/mol. The van der Waals surface area contributed by atoms with E-state index >= 15 is 0 Å². The predicted octanol–water partition coefficient (Wildman–Crippen LogP) is 2.51. The molecule has 0 aliphatic rings. The van der Waals surface area contributed by atoms with Gasteiger partial charge in [-0.1, -0.05) is 30.3 Å². The number of esters is 1. The van der Waals surface area contributed by atoms with E-state index in [0.717, 1.165) is 5.56 Å². The molecule has 0 aromatic heterocycles. The zero-order valence-corrected chi connectivity index (χ0v) is 18.3. The van der Waals surface area contributed by atoms with Crippen LogP contribution in [0.2, 0.25) is 0 Å². The van der Waals surface area contributed by atoms with Crippen molar-refractivity contribution in [3.05, 3.63) is 35.9 Å². The van der Waals surface area contributed by atoms with Crippen LogP contribution in [0, 0.1) is 0 Å². The van der Waals surface area contributed by atoms with Gasteiger partial charge in [0, 0.05) is 7.05 Å². The van der Waals surface area contributed by atoms with Crippen molar-refractivity contribution in [2.45, 2.75) is 58.4 Å². The molecule has 2 amide bonds. The summed E-state index contributed by atoms with van der Waals surface area (Å²) in [5, 5.41) is 2.60. The van der Waals surface area contributed by atoms with E-state index in [-0.39, 0.29) is 13.2 Å². The third-order valence-corrected chi connectivity index (χ3v) is 4.25. The summed E-state index contributed by atoms with van der Waals surface area (Å²) in [4.78, 5) is 38.4. The molecular weight excluding hydrogens is 376 g/mol. The molecule has 8 nitrogen and oxygen atoms in total. The van der Waals surface area contributed by atoms with Crippen LogP contribution in [0.1, 0.15) is 40.2 Å². The number of benzene rings is 1. The Balaban J connectivity index is 2.76. The fourth-order valence-corrected chi connectivity index (χ4v) is 2.23. The number of amides is 2. The van der Waals surface area contributed by atoms with Crippen molar-refractivity contribution in [3.8, 4) is 0 Å². The molecule has 0 bridgehead atoms. The maximum absolute atomic E-state index is 12.8. The average Bonchev–Trinajstić information content (AvgIpc) is 2.65. The number of rotatable bonds is 8. The van der Waals surface area contributed by atoms with Crippen LogP contribution >= 0.6 is 0 Å². The maximum atomic E-state index is 12.8. The number of likely N-dealkylation sites (N-methyl/N-ethyl adjacent to an activating group) is 1. The zero-order valence-electron chi connectivity index (χ0n) is 18.3. The molecule has 1 aromatic carbocycles. The molecule has 0 saturated heterocycles. The second kappa shape index (κ2) is 10.2. The molecule has 0 fully saturated rings. The number of methoxy groups -OCH3 is 1. The maximum Gasteiger partial charge on any atom is 0.410 e. The summed E-state index contributed by atoms with van der Waals surface area (Å²) in [7, 11) is 2.70. The second-order valence-corrected chi connectivity index (χ2v) is 8.15. The van der Waals surface area contributed by atoms with Gasteiger partial charge < -0.3 is 19.5 Å². The highest BCUT2D eigenvalue weighted by atomic mass is 16.6. The quantitative estimate of drug-likeness (QED) is 0.664. The summed E-state index contributed by atoms with van der Waals surface area (Å²) in [6.07, 6.45) is -0.646. The van der Waals surface area contributed by atoms with E-state index in [1.165, 1.54) is 19.1 Å². The first-order chi connectivity index (χ1) is 13.4. The lowest BCUT2D eigenvalue weighted by Gasteiger charge is -2.36. The average molecular weight is 408 g/mol. The van der Waals surface area contributed by atoms with Crippen molar-refractivity contribution in [2.24, 2.45) is 0 Å². The Kier molecular flexibility index (Phi) is 8.63. The topological polar surface area (TPSA) is 94.2 Å². The van der Waals surface area contributed by atoms with Gasteiger partial charge in [0.05, 0.1) is 20.3 Å². The van der Waals surface area contributed by atoms with Crippen molar-refractivity contribution in [2.75, 3.05) is 20.8 Å². The Hall–Kier alpha value is -2.61. The molecule has 1 atom stereocenters. The van der Waals surface area contributed by atoms with Gasteiger partial charge in [-0.05, 0) is 40.2 Å². The van der Waals surface area contributed by atoms with Gasteiger partial charge in [0.25, 0.3) is 0 Å². The number of nitrogens with one attached hydrogen (secondary N) is 1. The molecule has 162 valence electrons. The minimum Gasteiger partial charge on any atom is -0.467 e. The van der Waals surface area contributed by atoms with Crippen LogP contribution in [-0.2, 0) is 30.4 Å². The summed E-state index contributed by atoms with van der Waals surface area (Å²) in [6.45, 7) is 8.55. The first-order valence-electron chi connectivity index (χ1n) is 9.35. The van der Waals surface area contributed by atoms with Gasteiger partial charge in [-0.2, -0.15) is 0 Å². The minimum atomic E-state index is -1.27. The molecule has 0 aliphatic heterocycles. The van der Waals surface area contributed by atoms with E-state index in [0.29, 0.717) is 0 Å². The molecule has 1 unspecified atom stereocenters. The van der Waals surface area contributed by atoms with Gasteiger partial charge in [0.15, 0.2) is 6.04 Å². The largest absolute Gasteiger partial charge is 0.467 e. The summed E-state index contributed by atoms with van der Waals surface area (Å²) >= 11 is 0. The van der Waals surface area contributed by atoms with Crippen LogP contribution in [0.3, 0.4) is 0 Å². The van der Waals surface area contributed by atoms with Crippen molar-refractivity contribution in [3.63, 3.8) is 0 Å². The standard InChI is InChI=1S/C21H32N2O6/c1-20(2,3)29-19(26)23(6)21(4,5)18(25)22-16(17(24)27-7)14-28-13-15-11-9-8-10-12-15/h8-12,16H,13-14H2,1-7H3,(H,22,25). The molecular formula is C21H32N2O6. The fraction of sp³-hybridized carbons (Fsp3) is 0.571. The van der Waals surface area contributed by atoms with Gasteiger partial charge in [-0.15, -0.1) is 0 Å². The van der Waals surface area contributed by atoms with Crippen molar-refractivity contribution >= 4 is 18.0 Å². The Morgan fingerprint density at radius 3 is 2.17 bits per heavy atom. The third kappa shape index (κ3) is 7.73. The van der Waals surface area contributed by atoms with Crippen molar-refractivity contribution in [1.29, 1.82) is 0 Å². The SMILES string of the molecule is COC(=O)C(COCc1ccccc1)NC(=O)C(C)(C)N(C)C(=O)OC(C)(C)C. The van der Waals surface area contributed by atoms with Gasteiger partial charge in [0.2, 0.25) is 5.91 Å². The van der Waals surface area contributed by atoms with Gasteiger partial charge >= 0.3 is 12.1 Å². The van der Waals surface area contributed by atoms with E-state index < -0.39 is 35.2 Å². The van der Waals surface area contributed by atoms with Crippen LogP contribution in [-0.4, -0.2) is 60.8 Å². The molecule has 1 aromatic rings. The minimum absolute atomic E-state index is 0.0699. The summed E-state index contributed by atoms with van der Waals surface area (Å²) in [6, 6.07) is 8.43. The summed E-state index contributed by atoms with van der Waals surface area (Å²) in [5.74, 6) is -1.17. The molecule has 0 radical (unpaired) electrons. The molecule has 29 heavy (non-hydrogen) atoms. The Morgan fingerprint density at radius 2 is 1.66 bits per heavy atom.